The van der Waals surface area contributed by atoms with Crippen molar-refractivity contribution in [2.45, 2.75) is 25.6 Å². The van der Waals surface area contributed by atoms with E-state index < -0.39 is 35.5 Å². The van der Waals surface area contributed by atoms with Gasteiger partial charge >= 0.3 is 18.2 Å². The van der Waals surface area contributed by atoms with Gasteiger partial charge in [-0.25, -0.2) is 9.59 Å². The third-order valence-electron chi connectivity index (χ3n) is 5.44. The molecule has 0 N–H and O–H groups in total. The summed E-state index contributed by atoms with van der Waals surface area (Å²) in [6.07, 6.45) is -3.39. The van der Waals surface area contributed by atoms with E-state index in [-0.39, 0.29) is 33.2 Å². The van der Waals surface area contributed by atoms with E-state index in [1.165, 1.54) is 17.0 Å². The first-order chi connectivity index (χ1) is 17.4. The minimum atomic E-state index is -4.74. The van der Waals surface area contributed by atoms with Gasteiger partial charge in [-0.1, -0.05) is 30.0 Å². The number of likely N-dealkylation sites (N-methyl/N-ethyl adjacent to an activating group) is 1. The number of halogens is 3. The molecule has 2 aliphatic heterocycles. The van der Waals surface area contributed by atoms with Crippen LogP contribution in [-0.2, 0) is 31.8 Å². The molecule has 2 fully saturated rings. The van der Waals surface area contributed by atoms with E-state index in [0.29, 0.717) is 11.5 Å². The number of amides is 2. The number of carbonyl (C=O) groups is 3. The van der Waals surface area contributed by atoms with Crippen LogP contribution in [0, 0.1) is 0 Å². The van der Waals surface area contributed by atoms with E-state index in [9.17, 15) is 27.6 Å². The Kier molecular flexibility index (Phi) is 7.46. The van der Waals surface area contributed by atoms with Crippen LogP contribution in [0.3, 0.4) is 0 Å². The second-order valence-electron chi connectivity index (χ2n) is 8.10. The predicted molar refractivity (Wildman–Crippen MR) is 131 cm³/mol. The monoisotopic (exact) mass is 552 g/mol. The minimum absolute atomic E-state index is 0.00337. The van der Waals surface area contributed by atoms with Crippen LogP contribution in [-0.4, -0.2) is 51.9 Å². The van der Waals surface area contributed by atoms with Crippen LogP contribution in [0.2, 0.25) is 0 Å². The number of cyclic esters (lactones) is 1. The lowest BCUT2D eigenvalue weighted by Crippen LogP contribution is -2.30. The van der Waals surface area contributed by atoms with Crippen molar-refractivity contribution in [1.29, 1.82) is 0 Å². The van der Waals surface area contributed by atoms with E-state index in [4.69, 9.17) is 26.5 Å². The van der Waals surface area contributed by atoms with Gasteiger partial charge in [-0.05, 0) is 60.1 Å². The van der Waals surface area contributed by atoms with Gasteiger partial charge < -0.3 is 19.2 Å². The zero-order chi connectivity index (χ0) is 26.9. The molecule has 0 spiro atoms. The number of thiocarbonyl (C=S) groups is 1. The quantitative estimate of drug-likeness (QED) is 0.359. The van der Waals surface area contributed by atoms with Gasteiger partial charge in [0.1, 0.15) is 18.1 Å². The Hall–Kier alpha value is -3.58. The normalized spacial score (nSPS) is 19.0. The van der Waals surface area contributed by atoms with Crippen molar-refractivity contribution in [1.82, 2.24) is 9.96 Å². The first-order valence-electron chi connectivity index (χ1n) is 10.8. The summed E-state index contributed by atoms with van der Waals surface area (Å²) in [5.41, 5.74) is -0.0974. The predicted octanol–water partition coefficient (Wildman–Crippen LogP) is 5.17. The molecule has 2 aromatic carbocycles. The Morgan fingerprint density at radius 1 is 1.22 bits per heavy atom. The maximum Gasteiger partial charge on any atom is 0.420 e. The minimum Gasteiger partial charge on any atom is -0.457 e. The second-order valence-corrected chi connectivity index (χ2v) is 9.78. The maximum absolute atomic E-state index is 13.8. The van der Waals surface area contributed by atoms with Crippen LogP contribution in [0.5, 0.6) is 11.5 Å². The van der Waals surface area contributed by atoms with E-state index >= 15 is 0 Å². The molecule has 0 radical (unpaired) electrons. The molecule has 0 bridgehead atoms. The molecule has 37 heavy (non-hydrogen) atoms. The molecule has 194 valence electrons. The molecule has 1 unspecified atom stereocenters. The SMILES string of the molecule is CC(=O)ON1C(=O)C(=Cc2ccc(Oc3ccc(CC4COC(=O)N4C)cc3)c(C(F)(F)F)c2)SC1=S. The fraction of sp³-hybridized carbons (Fsp3) is 0.250. The number of hydrogen-bond donors (Lipinski definition) is 0. The zero-order valence-electron chi connectivity index (χ0n) is 19.4. The molecule has 0 aromatic heterocycles. The summed E-state index contributed by atoms with van der Waals surface area (Å²) in [7, 11) is 1.64. The average Bonchev–Trinajstić information content (AvgIpc) is 3.28. The first-order valence-corrected chi connectivity index (χ1v) is 12.0. The summed E-state index contributed by atoms with van der Waals surface area (Å²) in [4.78, 5) is 41.3. The Morgan fingerprint density at radius 3 is 2.51 bits per heavy atom. The summed E-state index contributed by atoms with van der Waals surface area (Å²) in [6, 6.07) is 9.75. The molecule has 2 saturated heterocycles. The van der Waals surface area contributed by atoms with E-state index in [2.05, 4.69) is 0 Å². The molecule has 2 heterocycles. The highest BCUT2D eigenvalue weighted by Crippen LogP contribution is 2.40. The van der Waals surface area contributed by atoms with Crippen LogP contribution in [0.1, 0.15) is 23.6 Å². The molecule has 8 nitrogen and oxygen atoms in total. The molecule has 1 atom stereocenters. The molecule has 2 aliphatic rings. The number of alkyl halides is 3. The summed E-state index contributed by atoms with van der Waals surface area (Å²) in [5.74, 6) is -1.74. The summed E-state index contributed by atoms with van der Waals surface area (Å²) in [6.45, 7) is 1.36. The molecular weight excluding hydrogens is 533 g/mol. The molecule has 4 rings (SSSR count). The van der Waals surface area contributed by atoms with Crippen molar-refractivity contribution in [3.05, 3.63) is 64.1 Å². The number of hydrogen-bond acceptors (Lipinski definition) is 8. The maximum atomic E-state index is 13.8. The number of ether oxygens (including phenoxy) is 2. The first kappa shape index (κ1) is 26.5. The van der Waals surface area contributed by atoms with Crippen molar-refractivity contribution in [3.63, 3.8) is 0 Å². The fourth-order valence-corrected chi connectivity index (χ4v) is 4.72. The third-order valence-corrected chi connectivity index (χ3v) is 6.71. The highest BCUT2D eigenvalue weighted by molar-refractivity contribution is 8.26. The van der Waals surface area contributed by atoms with Gasteiger partial charge in [-0.15, -0.1) is 5.06 Å². The number of carbonyl (C=O) groups excluding carboxylic acids is 3. The summed E-state index contributed by atoms with van der Waals surface area (Å²) in [5, 5.41) is 0.621. The number of hydroxylamine groups is 2. The lowest BCUT2D eigenvalue weighted by atomic mass is 10.1. The molecule has 13 heteroatoms. The average molecular weight is 553 g/mol. The van der Waals surface area contributed by atoms with E-state index in [1.54, 1.807) is 31.3 Å². The van der Waals surface area contributed by atoms with Crippen LogP contribution >= 0.6 is 24.0 Å². The van der Waals surface area contributed by atoms with Crippen molar-refractivity contribution in [2.24, 2.45) is 0 Å². The molecule has 0 aliphatic carbocycles. The van der Waals surface area contributed by atoms with Gasteiger partial charge in [-0.3, -0.25) is 4.79 Å². The lowest BCUT2D eigenvalue weighted by molar-refractivity contribution is -0.176. The molecule has 2 amide bonds. The Balaban J connectivity index is 1.52. The lowest BCUT2D eigenvalue weighted by Gasteiger charge is -2.17. The van der Waals surface area contributed by atoms with Gasteiger partial charge in [0, 0.05) is 14.0 Å². The molecule has 0 saturated carbocycles. The number of rotatable bonds is 6. The van der Waals surface area contributed by atoms with Crippen LogP contribution in [0.15, 0.2) is 47.4 Å². The van der Waals surface area contributed by atoms with Gasteiger partial charge in [0.15, 0.2) is 4.32 Å². The van der Waals surface area contributed by atoms with Crippen molar-refractivity contribution < 1.29 is 41.9 Å². The van der Waals surface area contributed by atoms with E-state index in [0.717, 1.165) is 36.4 Å². The fourth-order valence-electron chi connectivity index (χ4n) is 3.58. The van der Waals surface area contributed by atoms with Crippen molar-refractivity contribution in [2.75, 3.05) is 13.7 Å². The Morgan fingerprint density at radius 2 is 1.92 bits per heavy atom. The van der Waals surface area contributed by atoms with Crippen molar-refractivity contribution in [3.8, 4) is 11.5 Å². The second kappa shape index (κ2) is 10.4. The topological polar surface area (TPSA) is 85.4 Å². The highest BCUT2D eigenvalue weighted by atomic mass is 32.2. The summed E-state index contributed by atoms with van der Waals surface area (Å²) < 4.78 is 52.0. The highest BCUT2D eigenvalue weighted by Gasteiger charge is 2.37. The smallest absolute Gasteiger partial charge is 0.420 e. The molecular formula is C24H19F3N2O6S2. The van der Waals surface area contributed by atoms with Gasteiger partial charge in [0.25, 0.3) is 5.91 Å². The van der Waals surface area contributed by atoms with Gasteiger partial charge in [0.2, 0.25) is 0 Å². The Labute approximate surface area is 218 Å². The Bertz CT molecular complexity index is 1300. The number of benzene rings is 2. The standard InChI is InChI=1S/C24H19F3N2O6S2/c1-13(30)35-29-21(31)20(37-23(29)36)11-15-5-8-19(18(10-15)24(25,26)27)34-17-6-3-14(4-7-17)9-16-12-33-22(32)28(16)2/h3-8,10-11,16H,9,12H2,1-2H3. The largest absolute Gasteiger partial charge is 0.457 e. The van der Waals surface area contributed by atoms with Crippen molar-refractivity contribution >= 4 is 52.3 Å². The molecule has 2 aromatic rings. The number of nitrogens with zero attached hydrogens (tertiary/aromatic N) is 2. The van der Waals surface area contributed by atoms with E-state index in [1.807, 2.05) is 0 Å². The van der Waals surface area contributed by atoms with Gasteiger partial charge in [0.05, 0.1) is 16.5 Å². The van der Waals surface area contributed by atoms with Crippen LogP contribution < -0.4 is 4.74 Å². The van der Waals surface area contributed by atoms with Gasteiger partial charge in [-0.2, -0.15) is 13.2 Å². The van der Waals surface area contributed by atoms with Crippen LogP contribution in [0.25, 0.3) is 6.08 Å². The van der Waals surface area contributed by atoms with Crippen LogP contribution in [0.4, 0.5) is 18.0 Å². The zero-order valence-corrected chi connectivity index (χ0v) is 21.0. The third kappa shape index (κ3) is 6.05. The summed E-state index contributed by atoms with van der Waals surface area (Å²) >= 11 is 5.80. The number of thioether (sulfide) groups is 1.